The van der Waals surface area contributed by atoms with Crippen molar-refractivity contribution in [3.63, 3.8) is 0 Å². The van der Waals surface area contributed by atoms with Gasteiger partial charge in [-0.2, -0.15) is 0 Å². The van der Waals surface area contributed by atoms with Crippen molar-refractivity contribution in [2.45, 2.75) is 26.2 Å². The number of carbonyl (C=O) groups excluding carboxylic acids is 2. The molecule has 170 valence electrons. The minimum Gasteiger partial charge on any atom is -0.493 e. The summed E-state index contributed by atoms with van der Waals surface area (Å²) in [5.41, 5.74) is 3.81. The Bertz CT molecular complexity index is 1140. The van der Waals surface area contributed by atoms with Crippen LogP contribution in [0.1, 0.15) is 46.0 Å². The predicted molar refractivity (Wildman–Crippen MR) is 130 cm³/mol. The SMILES string of the molecule is CCCCOc1ccc(C(=O)Nc2ccc(C(=O)N3CCc4ccccc43)cc2)cc1OC. The number of ether oxygens (including phenoxy) is 2. The molecule has 1 N–H and O–H groups in total. The number of hydrogen-bond acceptors (Lipinski definition) is 4. The Labute approximate surface area is 194 Å². The maximum atomic E-state index is 13.0. The summed E-state index contributed by atoms with van der Waals surface area (Å²) in [6, 6.07) is 20.1. The molecule has 6 nitrogen and oxygen atoms in total. The molecule has 6 heteroatoms. The fraction of sp³-hybridized carbons (Fsp3) is 0.259. The number of unbranched alkanes of at least 4 members (excludes halogenated alkanes) is 1. The van der Waals surface area contributed by atoms with Crippen molar-refractivity contribution >= 4 is 23.2 Å². The molecule has 0 aromatic heterocycles. The molecule has 0 radical (unpaired) electrons. The number of methoxy groups -OCH3 is 1. The van der Waals surface area contributed by atoms with Crippen LogP contribution >= 0.6 is 0 Å². The highest BCUT2D eigenvalue weighted by Gasteiger charge is 2.25. The van der Waals surface area contributed by atoms with Gasteiger partial charge in [0.15, 0.2) is 11.5 Å². The Morgan fingerprint density at radius 1 is 0.970 bits per heavy atom. The lowest BCUT2D eigenvalue weighted by molar-refractivity contribution is 0.0988. The van der Waals surface area contributed by atoms with Crippen LogP contribution in [0.3, 0.4) is 0 Å². The topological polar surface area (TPSA) is 67.9 Å². The fourth-order valence-electron chi connectivity index (χ4n) is 3.86. The number of rotatable bonds is 8. The highest BCUT2D eigenvalue weighted by atomic mass is 16.5. The second kappa shape index (κ2) is 10.2. The molecular weight excluding hydrogens is 416 g/mol. The highest BCUT2D eigenvalue weighted by molar-refractivity contribution is 6.08. The first kappa shape index (κ1) is 22.4. The minimum atomic E-state index is -0.263. The maximum Gasteiger partial charge on any atom is 0.258 e. The number of nitrogens with zero attached hydrogens (tertiary/aromatic N) is 1. The van der Waals surface area contributed by atoms with Crippen LogP contribution in [0, 0.1) is 0 Å². The summed E-state index contributed by atoms with van der Waals surface area (Å²) < 4.78 is 11.1. The Kier molecular flexibility index (Phi) is 6.93. The van der Waals surface area contributed by atoms with Crippen LogP contribution in [0.5, 0.6) is 11.5 Å². The Morgan fingerprint density at radius 2 is 1.73 bits per heavy atom. The summed E-state index contributed by atoms with van der Waals surface area (Å²) in [7, 11) is 1.55. The number of benzene rings is 3. The van der Waals surface area contributed by atoms with Gasteiger partial charge in [0.25, 0.3) is 11.8 Å². The van der Waals surface area contributed by atoms with Crippen molar-refractivity contribution in [1.29, 1.82) is 0 Å². The molecule has 3 aromatic rings. The molecule has 1 heterocycles. The van der Waals surface area contributed by atoms with Crippen LogP contribution in [0.2, 0.25) is 0 Å². The lowest BCUT2D eigenvalue weighted by atomic mass is 10.1. The van der Waals surface area contributed by atoms with Crippen LogP contribution in [-0.4, -0.2) is 32.1 Å². The van der Waals surface area contributed by atoms with Gasteiger partial charge in [-0.3, -0.25) is 9.59 Å². The fourth-order valence-corrected chi connectivity index (χ4v) is 3.86. The molecule has 2 amide bonds. The zero-order valence-corrected chi connectivity index (χ0v) is 19.0. The third-order valence-corrected chi connectivity index (χ3v) is 5.70. The van der Waals surface area contributed by atoms with Gasteiger partial charge in [-0.25, -0.2) is 0 Å². The molecule has 3 aromatic carbocycles. The molecule has 33 heavy (non-hydrogen) atoms. The van der Waals surface area contributed by atoms with Crippen LogP contribution < -0.4 is 19.7 Å². The van der Waals surface area contributed by atoms with Gasteiger partial charge >= 0.3 is 0 Å². The summed E-state index contributed by atoms with van der Waals surface area (Å²) in [6.07, 6.45) is 2.86. The maximum absolute atomic E-state index is 13.0. The summed E-state index contributed by atoms with van der Waals surface area (Å²) in [5.74, 6) is 0.835. The number of fused-ring (bicyclic) bond motifs is 1. The van der Waals surface area contributed by atoms with Crippen LogP contribution in [0.25, 0.3) is 0 Å². The second-order valence-electron chi connectivity index (χ2n) is 7.93. The van der Waals surface area contributed by atoms with E-state index in [1.807, 2.05) is 18.2 Å². The first-order valence-electron chi connectivity index (χ1n) is 11.2. The van der Waals surface area contributed by atoms with E-state index in [1.54, 1.807) is 54.5 Å². The summed E-state index contributed by atoms with van der Waals surface area (Å²) in [4.78, 5) is 27.5. The van der Waals surface area contributed by atoms with E-state index in [4.69, 9.17) is 9.47 Å². The van der Waals surface area contributed by atoms with E-state index in [9.17, 15) is 9.59 Å². The quantitative estimate of drug-likeness (QED) is 0.477. The van der Waals surface area contributed by atoms with Gasteiger partial charge in [0.05, 0.1) is 13.7 Å². The van der Waals surface area contributed by atoms with Crippen LogP contribution in [-0.2, 0) is 6.42 Å². The molecule has 0 aliphatic carbocycles. The van der Waals surface area contributed by atoms with E-state index in [0.717, 1.165) is 24.9 Å². The van der Waals surface area contributed by atoms with Crippen molar-refractivity contribution in [3.8, 4) is 11.5 Å². The zero-order chi connectivity index (χ0) is 23.2. The molecule has 0 saturated carbocycles. The number of nitrogens with one attached hydrogen (secondary N) is 1. The van der Waals surface area contributed by atoms with Crippen molar-refractivity contribution < 1.29 is 19.1 Å². The molecule has 0 bridgehead atoms. The Hall–Kier alpha value is -3.80. The lowest BCUT2D eigenvalue weighted by Crippen LogP contribution is -2.28. The van der Waals surface area contributed by atoms with E-state index >= 15 is 0 Å². The average Bonchev–Trinajstić information content (AvgIpc) is 3.28. The van der Waals surface area contributed by atoms with Gasteiger partial charge in [0, 0.05) is 29.0 Å². The van der Waals surface area contributed by atoms with E-state index in [0.29, 0.717) is 41.5 Å². The molecule has 0 unspecified atom stereocenters. The smallest absolute Gasteiger partial charge is 0.258 e. The molecule has 4 rings (SSSR count). The van der Waals surface area contributed by atoms with Gasteiger partial charge in [-0.1, -0.05) is 31.5 Å². The molecule has 1 aliphatic heterocycles. The summed E-state index contributed by atoms with van der Waals surface area (Å²) in [5, 5.41) is 2.87. The number of carbonyl (C=O) groups is 2. The van der Waals surface area contributed by atoms with Crippen LogP contribution in [0.4, 0.5) is 11.4 Å². The van der Waals surface area contributed by atoms with E-state index in [2.05, 4.69) is 18.3 Å². The number of amides is 2. The van der Waals surface area contributed by atoms with E-state index < -0.39 is 0 Å². The van der Waals surface area contributed by atoms with Crippen molar-refractivity contribution in [2.75, 3.05) is 30.5 Å². The Morgan fingerprint density at radius 3 is 2.48 bits per heavy atom. The highest BCUT2D eigenvalue weighted by Crippen LogP contribution is 2.30. The van der Waals surface area contributed by atoms with E-state index in [1.165, 1.54) is 5.56 Å². The number of anilines is 2. The zero-order valence-electron chi connectivity index (χ0n) is 19.0. The molecule has 0 spiro atoms. The number of para-hydroxylation sites is 1. The average molecular weight is 445 g/mol. The van der Waals surface area contributed by atoms with Crippen molar-refractivity contribution in [3.05, 3.63) is 83.4 Å². The third kappa shape index (κ3) is 5.00. The van der Waals surface area contributed by atoms with Crippen molar-refractivity contribution in [2.24, 2.45) is 0 Å². The standard InChI is InChI=1S/C27H28N2O4/c1-3-4-17-33-24-14-11-21(18-25(24)32-2)26(30)28-22-12-9-20(10-13-22)27(31)29-16-15-19-7-5-6-8-23(19)29/h5-14,18H,3-4,15-17H2,1-2H3,(H,28,30). The van der Waals surface area contributed by atoms with Gasteiger partial charge < -0.3 is 19.7 Å². The van der Waals surface area contributed by atoms with Gasteiger partial charge in [-0.15, -0.1) is 0 Å². The first-order chi connectivity index (χ1) is 16.1. The molecule has 1 aliphatic rings. The van der Waals surface area contributed by atoms with Crippen molar-refractivity contribution in [1.82, 2.24) is 0 Å². The molecule has 0 saturated heterocycles. The largest absolute Gasteiger partial charge is 0.493 e. The second-order valence-corrected chi connectivity index (χ2v) is 7.93. The van der Waals surface area contributed by atoms with Gasteiger partial charge in [0.1, 0.15) is 0 Å². The van der Waals surface area contributed by atoms with Gasteiger partial charge in [-0.05, 0) is 66.9 Å². The van der Waals surface area contributed by atoms with Crippen LogP contribution in [0.15, 0.2) is 66.7 Å². The normalized spacial score (nSPS) is 12.2. The first-order valence-corrected chi connectivity index (χ1v) is 11.2. The lowest BCUT2D eigenvalue weighted by Gasteiger charge is -2.17. The summed E-state index contributed by atoms with van der Waals surface area (Å²) >= 11 is 0. The monoisotopic (exact) mass is 444 g/mol. The Balaban J connectivity index is 1.42. The van der Waals surface area contributed by atoms with Gasteiger partial charge in [0.2, 0.25) is 0 Å². The molecule has 0 atom stereocenters. The molecular formula is C27H28N2O4. The predicted octanol–water partition coefficient (Wildman–Crippen LogP) is 5.33. The summed E-state index contributed by atoms with van der Waals surface area (Å²) in [6.45, 7) is 3.38. The molecule has 0 fully saturated rings. The number of hydrogen-bond donors (Lipinski definition) is 1. The van der Waals surface area contributed by atoms with E-state index in [-0.39, 0.29) is 11.8 Å². The minimum absolute atomic E-state index is 0.0405. The third-order valence-electron chi connectivity index (χ3n) is 5.70.